The predicted octanol–water partition coefficient (Wildman–Crippen LogP) is 1.16. The Hall–Kier alpha value is -1.46. The average molecular weight is 253 g/mol. The first-order chi connectivity index (χ1) is 8.70. The predicted molar refractivity (Wildman–Crippen MR) is 67.7 cm³/mol. The van der Waals surface area contributed by atoms with Crippen LogP contribution in [0, 0.1) is 0 Å². The molecule has 100 valence electrons. The zero-order valence-corrected chi connectivity index (χ0v) is 11.2. The number of hydrogen-bond donors (Lipinski definition) is 1. The fourth-order valence-electron chi connectivity index (χ4n) is 2.20. The molecule has 0 radical (unpaired) electrons. The summed E-state index contributed by atoms with van der Waals surface area (Å²) in [6, 6.07) is 3.71. The Bertz CT molecular complexity index is 398. The van der Waals surface area contributed by atoms with Crippen LogP contribution in [0.4, 0.5) is 0 Å². The Balaban J connectivity index is 2.56. The second kappa shape index (κ2) is 5.04. The zero-order chi connectivity index (χ0) is 13.2. The molecular weight excluding hydrogens is 234 g/mol. The molecule has 5 nitrogen and oxygen atoms in total. The number of methoxy groups -OCH3 is 3. The summed E-state index contributed by atoms with van der Waals surface area (Å²) in [7, 11) is 6.81. The van der Waals surface area contributed by atoms with Crippen molar-refractivity contribution in [1.82, 2.24) is 5.32 Å². The topological polar surface area (TPSA) is 49.0 Å². The van der Waals surface area contributed by atoms with E-state index in [4.69, 9.17) is 18.9 Å². The van der Waals surface area contributed by atoms with E-state index >= 15 is 0 Å². The highest BCUT2D eigenvalue weighted by Gasteiger charge is 2.43. The van der Waals surface area contributed by atoms with Gasteiger partial charge in [-0.3, -0.25) is 0 Å². The van der Waals surface area contributed by atoms with Gasteiger partial charge in [0.05, 0.1) is 45.6 Å². The number of nitrogens with one attached hydrogen (secondary N) is 1. The van der Waals surface area contributed by atoms with Crippen molar-refractivity contribution in [1.29, 1.82) is 0 Å². The van der Waals surface area contributed by atoms with E-state index in [1.54, 1.807) is 21.3 Å². The van der Waals surface area contributed by atoms with Gasteiger partial charge in [0, 0.05) is 12.1 Å². The fraction of sp³-hybridized carbons (Fsp3) is 0.538. The largest absolute Gasteiger partial charge is 0.496 e. The minimum atomic E-state index is -0.247. The molecule has 1 aliphatic rings. The van der Waals surface area contributed by atoms with Gasteiger partial charge in [0.2, 0.25) is 0 Å². The van der Waals surface area contributed by atoms with Crippen LogP contribution in [-0.2, 0) is 10.3 Å². The average Bonchev–Trinajstić information content (AvgIpc) is 2.37. The highest BCUT2D eigenvalue weighted by Crippen LogP contribution is 2.44. The maximum atomic E-state index is 5.46. The van der Waals surface area contributed by atoms with Crippen LogP contribution < -0.4 is 19.5 Å². The lowest BCUT2D eigenvalue weighted by atomic mass is 9.86. The SMILES string of the molecule is CNC1(c2c(OC)cc(OC)cc2OC)COC1. The molecular formula is C13H19NO4. The van der Waals surface area contributed by atoms with Crippen LogP contribution in [0.1, 0.15) is 5.56 Å². The van der Waals surface area contributed by atoms with Crippen molar-refractivity contribution in [2.45, 2.75) is 5.54 Å². The molecule has 0 bridgehead atoms. The van der Waals surface area contributed by atoms with Crippen LogP contribution >= 0.6 is 0 Å². The third-order valence-corrected chi connectivity index (χ3v) is 3.37. The normalized spacial score (nSPS) is 16.9. The summed E-state index contributed by atoms with van der Waals surface area (Å²) in [5.41, 5.74) is 0.727. The van der Waals surface area contributed by atoms with Gasteiger partial charge < -0.3 is 24.3 Å². The van der Waals surface area contributed by atoms with Gasteiger partial charge >= 0.3 is 0 Å². The molecule has 1 aliphatic heterocycles. The third kappa shape index (κ3) is 1.89. The van der Waals surface area contributed by atoms with Gasteiger partial charge in [-0.1, -0.05) is 0 Å². The Morgan fingerprint density at radius 1 is 1.06 bits per heavy atom. The molecule has 1 fully saturated rings. The van der Waals surface area contributed by atoms with E-state index in [2.05, 4.69) is 5.32 Å². The van der Waals surface area contributed by atoms with E-state index in [0.29, 0.717) is 19.0 Å². The highest BCUT2D eigenvalue weighted by molar-refractivity contribution is 5.55. The summed E-state index contributed by atoms with van der Waals surface area (Å²) in [4.78, 5) is 0. The molecule has 0 aromatic heterocycles. The number of benzene rings is 1. The summed E-state index contributed by atoms with van der Waals surface area (Å²) in [5, 5.41) is 3.29. The van der Waals surface area contributed by atoms with E-state index in [0.717, 1.165) is 17.1 Å². The summed E-state index contributed by atoms with van der Waals surface area (Å²) < 4.78 is 21.5. The summed E-state index contributed by atoms with van der Waals surface area (Å²) >= 11 is 0. The van der Waals surface area contributed by atoms with E-state index in [1.807, 2.05) is 19.2 Å². The van der Waals surface area contributed by atoms with E-state index in [-0.39, 0.29) is 5.54 Å². The molecule has 0 atom stereocenters. The standard InChI is InChI=1S/C13H19NO4/c1-14-13(7-18-8-13)12-10(16-3)5-9(15-2)6-11(12)17-4/h5-6,14H,7-8H2,1-4H3. The molecule has 1 aromatic carbocycles. The van der Waals surface area contributed by atoms with Gasteiger partial charge in [-0.25, -0.2) is 0 Å². The van der Waals surface area contributed by atoms with Crippen molar-refractivity contribution in [3.8, 4) is 17.2 Å². The zero-order valence-electron chi connectivity index (χ0n) is 11.2. The second-order valence-corrected chi connectivity index (χ2v) is 4.23. The lowest BCUT2D eigenvalue weighted by Crippen LogP contribution is -2.56. The Kier molecular flexibility index (Phi) is 3.63. The lowest BCUT2D eigenvalue weighted by molar-refractivity contribution is -0.0766. The molecule has 18 heavy (non-hydrogen) atoms. The number of likely N-dealkylation sites (N-methyl/N-ethyl adjacent to an activating group) is 1. The summed E-state index contributed by atoms with van der Waals surface area (Å²) in [6.45, 7) is 1.20. The molecule has 1 aromatic rings. The maximum Gasteiger partial charge on any atom is 0.131 e. The van der Waals surface area contributed by atoms with Gasteiger partial charge in [0.25, 0.3) is 0 Å². The molecule has 0 unspecified atom stereocenters. The Morgan fingerprint density at radius 3 is 1.89 bits per heavy atom. The van der Waals surface area contributed by atoms with Crippen molar-refractivity contribution in [3.63, 3.8) is 0 Å². The smallest absolute Gasteiger partial charge is 0.131 e. The molecule has 0 aliphatic carbocycles. The van der Waals surface area contributed by atoms with Crippen LogP contribution in [0.2, 0.25) is 0 Å². The van der Waals surface area contributed by atoms with Crippen molar-refractivity contribution in [3.05, 3.63) is 17.7 Å². The van der Waals surface area contributed by atoms with Crippen LogP contribution in [0.15, 0.2) is 12.1 Å². The van der Waals surface area contributed by atoms with Gasteiger partial charge in [-0.15, -0.1) is 0 Å². The van der Waals surface area contributed by atoms with Crippen molar-refractivity contribution in [2.75, 3.05) is 41.6 Å². The molecule has 0 amide bonds. The maximum absolute atomic E-state index is 5.46. The number of ether oxygens (including phenoxy) is 4. The molecule has 0 saturated carbocycles. The second-order valence-electron chi connectivity index (χ2n) is 4.23. The lowest BCUT2D eigenvalue weighted by Gasteiger charge is -2.42. The molecule has 0 spiro atoms. The monoisotopic (exact) mass is 253 g/mol. The number of hydrogen-bond acceptors (Lipinski definition) is 5. The van der Waals surface area contributed by atoms with Crippen LogP contribution in [0.5, 0.6) is 17.2 Å². The Morgan fingerprint density at radius 2 is 1.61 bits per heavy atom. The molecule has 5 heteroatoms. The van der Waals surface area contributed by atoms with Crippen LogP contribution in [0.25, 0.3) is 0 Å². The summed E-state index contributed by atoms with van der Waals surface area (Å²) in [5.74, 6) is 2.19. The minimum Gasteiger partial charge on any atom is -0.496 e. The van der Waals surface area contributed by atoms with E-state index in [1.165, 1.54) is 0 Å². The molecule has 1 N–H and O–H groups in total. The first-order valence-corrected chi connectivity index (χ1v) is 5.78. The van der Waals surface area contributed by atoms with Crippen LogP contribution in [-0.4, -0.2) is 41.6 Å². The first-order valence-electron chi connectivity index (χ1n) is 5.78. The van der Waals surface area contributed by atoms with Crippen LogP contribution in [0.3, 0.4) is 0 Å². The van der Waals surface area contributed by atoms with Crippen molar-refractivity contribution >= 4 is 0 Å². The van der Waals surface area contributed by atoms with E-state index < -0.39 is 0 Å². The van der Waals surface area contributed by atoms with Gasteiger partial charge in [0.1, 0.15) is 17.2 Å². The van der Waals surface area contributed by atoms with Gasteiger partial charge in [0.15, 0.2) is 0 Å². The molecule has 1 heterocycles. The quantitative estimate of drug-likeness (QED) is 0.853. The van der Waals surface area contributed by atoms with Gasteiger partial charge in [-0.05, 0) is 7.05 Å². The van der Waals surface area contributed by atoms with Crippen molar-refractivity contribution in [2.24, 2.45) is 0 Å². The third-order valence-electron chi connectivity index (χ3n) is 3.37. The minimum absolute atomic E-state index is 0.247. The molecule has 1 saturated heterocycles. The number of rotatable bonds is 5. The van der Waals surface area contributed by atoms with Crippen molar-refractivity contribution < 1.29 is 18.9 Å². The van der Waals surface area contributed by atoms with E-state index in [9.17, 15) is 0 Å². The summed E-state index contributed by atoms with van der Waals surface area (Å²) in [6.07, 6.45) is 0. The van der Waals surface area contributed by atoms with Gasteiger partial charge in [-0.2, -0.15) is 0 Å². The Labute approximate surface area is 107 Å². The fourth-order valence-corrected chi connectivity index (χ4v) is 2.20. The molecule has 2 rings (SSSR count). The highest BCUT2D eigenvalue weighted by atomic mass is 16.5. The first kappa shape index (κ1) is 13.0.